The highest BCUT2D eigenvalue weighted by molar-refractivity contribution is 5.91. The van der Waals surface area contributed by atoms with Crippen LogP contribution in [0.5, 0.6) is 11.5 Å². The molecule has 0 fully saturated rings. The van der Waals surface area contributed by atoms with Crippen molar-refractivity contribution in [1.29, 1.82) is 0 Å². The number of hydrogen-bond donors (Lipinski definition) is 1. The first-order chi connectivity index (χ1) is 11.2. The summed E-state index contributed by atoms with van der Waals surface area (Å²) in [5.74, 6) is -0.276. The Kier molecular flexibility index (Phi) is 5.01. The minimum absolute atomic E-state index is 0.242. The Bertz CT molecular complexity index is 724. The molecule has 0 unspecified atom stereocenters. The number of carbonyl (C=O) groups is 1. The summed E-state index contributed by atoms with van der Waals surface area (Å²) in [6.07, 6.45) is -4.75. The minimum Gasteiger partial charge on any atom is -0.480 e. The van der Waals surface area contributed by atoms with Gasteiger partial charge in [-0.1, -0.05) is 0 Å². The van der Waals surface area contributed by atoms with Gasteiger partial charge in [0, 0.05) is 12.7 Å². The summed E-state index contributed by atoms with van der Waals surface area (Å²) < 4.78 is 47.0. The molecule has 0 atom stereocenters. The summed E-state index contributed by atoms with van der Waals surface area (Å²) in [7, 11) is 1.76. The Labute approximate surface area is 136 Å². The van der Waals surface area contributed by atoms with Crippen molar-refractivity contribution in [3.63, 3.8) is 0 Å². The van der Waals surface area contributed by atoms with Gasteiger partial charge in [0.1, 0.15) is 11.4 Å². The van der Waals surface area contributed by atoms with Crippen LogP contribution in [0.25, 0.3) is 0 Å². The van der Waals surface area contributed by atoms with E-state index < -0.39 is 12.3 Å². The van der Waals surface area contributed by atoms with Gasteiger partial charge < -0.3 is 14.8 Å². The topological polar surface area (TPSA) is 65.4 Å². The maximum Gasteiger partial charge on any atom is 0.573 e. The number of nitrogens with zero attached hydrogens (tertiary/aromatic N) is 2. The van der Waals surface area contributed by atoms with Gasteiger partial charge in [0.05, 0.1) is 5.69 Å². The first-order valence-corrected chi connectivity index (χ1v) is 6.94. The first-order valence-electron chi connectivity index (χ1n) is 6.94. The quantitative estimate of drug-likeness (QED) is 0.906. The molecule has 1 amide bonds. The van der Waals surface area contributed by atoms with Crippen molar-refractivity contribution in [2.75, 3.05) is 11.9 Å². The van der Waals surface area contributed by atoms with Crippen molar-refractivity contribution in [3.05, 3.63) is 35.7 Å². The number of carbonyl (C=O) groups excluding carboxylic acids is 1. The second kappa shape index (κ2) is 6.81. The van der Waals surface area contributed by atoms with E-state index in [4.69, 9.17) is 4.74 Å². The average molecular weight is 343 g/mol. The lowest BCUT2D eigenvalue weighted by Crippen LogP contribution is -2.20. The molecule has 0 saturated heterocycles. The molecule has 9 heteroatoms. The summed E-state index contributed by atoms with van der Waals surface area (Å²) >= 11 is 0. The number of amides is 1. The summed E-state index contributed by atoms with van der Waals surface area (Å²) in [4.78, 5) is 11.9. The van der Waals surface area contributed by atoms with E-state index in [1.807, 2.05) is 6.92 Å². The molecule has 1 aromatic carbocycles. The van der Waals surface area contributed by atoms with Crippen molar-refractivity contribution in [3.8, 4) is 11.5 Å². The molecule has 1 aromatic heterocycles. The number of aryl methyl sites for hydroxylation is 2. The molecular formula is C15H16F3N3O3. The lowest BCUT2D eigenvalue weighted by atomic mass is 10.3. The maximum atomic E-state index is 12.1. The van der Waals surface area contributed by atoms with Crippen molar-refractivity contribution in [1.82, 2.24) is 9.78 Å². The van der Waals surface area contributed by atoms with Gasteiger partial charge in [0.2, 0.25) is 0 Å². The monoisotopic (exact) mass is 343 g/mol. The maximum absolute atomic E-state index is 12.1. The van der Waals surface area contributed by atoms with Gasteiger partial charge in [-0.05, 0) is 38.1 Å². The lowest BCUT2D eigenvalue weighted by Gasteiger charge is -2.10. The van der Waals surface area contributed by atoms with Gasteiger partial charge in [-0.15, -0.1) is 13.2 Å². The Balaban J connectivity index is 1.90. The molecule has 1 heterocycles. The van der Waals surface area contributed by atoms with E-state index in [0.717, 1.165) is 17.8 Å². The number of hydrogen-bond acceptors (Lipinski definition) is 4. The number of nitrogens with one attached hydrogen (secondary N) is 1. The Hall–Kier alpha value is -2.71. The van der Waals surface area contributed by atoms with Crippen molar-refractivity contribution >= 4 is 11.6 Å². The van der Waals surface area contributed by atoms with Crippen LogP contribution in [0.2, 0.25) is 0 Å². The van der Waals surface area contributed by atoms with E-state index in [1.165, 1.54) is 12.1 Å². The van der Waals surface area contributed by atoms with Crippen LogP contribution >= 0.6 is 0 Å². The van der Waals surface area contributed by atoms with Crippen molar-refractivity contribution in [2.45, 2.75) is 20.2 Å². The molecule has 0 radical (unpaired) electrons. The second-order valence-electron chi connectivity index (χ2n) is 5.03. The number of rotatable bonds is 5. The fraction of sp³-hybridized carbons (Fsp3) is 0.333. The molecule has 0 aliphatic carbocycles. The number of halogens is 3. The van der Waals surface area contributed by atoms with E-state index in [-0.39, 0.29) is 12.4 Å². The third-order valence-corrected chi connectivity index (χ3v) is 3.16. The third kappa shape index (κ3) is 4.64. The highest BCUT2D eigenvalue weighted by atomic mass is 19.4. The fourth-order valence-corrected chi connectivity index (χ4v) is 2.04. The summed E-state index contributed by atoms with van der Waals surface area (Å²) in [6, 6.07) is 4.83. The highest BCUT2D eigenvalue weighted by Crippen LogP contribution is 2.24. The van der Waals surface area contributed by atoms with E-state index in [0.29, 0.717) is 17.1 Å². The van der Waals surface area contributed by atoms with Crippen molar-refractivity contribution in [2.24, 2.45) is 7.05 Å². The number of alkyl halides is 3. The zero-order valence-corrected chi connectivity index (χ0v) is 13.3. The second-order valence-corrected chi connectivity index (χ2v) is 5.03. The van der Waals surface area contributed by atoms with E-state index >= 15 is 0 Å². The highest BCUT2D eigenvalue weighted by Gasteiger charge is 2.30. The van der Waals surface area contributed by atoms with Gasteiger partial charge in [0.25, 0.3) is 5.91 Å². The molecule has 0 bridgehead atoms. The Morgan fingerprint density at radius 1 is 1.25 bits per heavy atom. The van der Waals surface area contributed by atoms with Crippen LogP contribution in [0.4, 0.5) is 18.9 Å². The summed E-state index contributed by atoms with van der Waals surface area (Å²) in [6.45, 7) is 3.33. The van der Waals surface area contributed by atoms with Gasteiger partial charge in [-0.2, -0.15) is 5.10 Å². The van der Waals surface area contributed by atoms with Crippen LogP contribution in [0.15, 0.2) is 24.3 Å². The van der Waals surface area contributed by atoms with Crippen LogP contribution in [0.1, 0.15) is 11.4 Å². The van der Waals surface area contributed by atoms with E-state index in [1.54, 1.807) is 18.7 Å². The van der Waals surface area contributed by atoms with Crippen LogP contribution < -0.4 is 14.8 Å². The predicted molar refractivity (Wildman–Crippen MR) is 79.9 cm³/mol. The predicted octanol–water partition coefficient (Wildman–Crippen LogP) is 2.95. The number of benzene rings is 1. The van der Waals surface area contributed by atoms with Gasteiger partial charge in [-0.3, -0.25) is 9.48 Å². The third-order valence-electron chi connectivity index (χ3n) is 3.16. The van der Waals surface area contributed by atoms with Crippen molar-refractivity contribution < 1.29 is 27.4 Å². The molecule has 2 rings (SSSR count). The van der Waals surface area contributed by atoms with E-state index in [9.17, 15) is 18.0 Å². The van der Waals surface area contributed by atoms with Crippen LogP contribution in [-0.4, -0.2) is 28.7 Å². The SMILES string of the molecule is Cc1nn(C)c(C)c1OCC(=O)Nc1ccc(OC(F)(F)F)cc1. The molecular weight excluding hydrogens is 327 g/mol. The molecule has 2 aromatic rings. The van der Waals surface area contributed by atoms with Gasteiger partial charge in [-0.25, -0.2) is 0 Å². The van der Waals surface area contributed by atoms with Gasteiger partial charge >= 0.3 is 6.36 Å². The lowest BCUT2D eigenvalue weighted by molar-refractivity contribution is -0.274. The molecule has 0 aliphatic rings. The number of ether oxygens (including phenoxy) is 2. The average Bonchev–Trinajstić information content (AvgIpc) is 2.71. The normalized spacial score (nSPS) is 11.2. The van der Waals surface area contributed by atoms with E-state index in [2.05, 4.69) is 15.2 Å². The fourth-order valence-electron chi connectivity index (χ4n) is 2.04. The molecule has 24 heavy (non-hydrogen) atoms. The number of anilines is 1. The number of aromatic nitrogens is 2. The smallest absolute Gasteiger partial charge is 0.480 e. The Morgan fingerprint density at radius 3 is 2.38 bits per heavy atom. The molecule has 6 nitrogen and oxygen atoms in total. The largest absolute Gasteiger partial charge is 0.573 e. The standard InChI is InChI=1S/C15H16F3N3O3/c1-9-14(10(2)21(3)20-9)23-8-13(22)19-11-4-6-12(7-5-11)24-15(16,17)18/h4-7H,8H2,1-3H3,(H,19,22). The molecule has 0 saturated carbocycles. The zero-order chi connectivity index (χ0) is 17.9. The van der Waals surface area contributed by atoms with Crippen LogP contribution in [0, 0.1) is 13.8 Å². The van der Waals surface area contributed by atoms with Gasteiger partial charge in [0.15, 0.2) is 12.4 Å². The zero-order valence-electron chi connectivity index (χ0n) is 13.3. The summed E-state index contributed by atoms with van der Waals surface area (Å²) in [5, 5.41) is 6.69. The van der Waals surface area contributed by atoms with Crippen LogP contribution in [-0.2, 0) is 11.8 Å². The molecule has 0 aliphatic heterocycles. The molecule has 0 spiro atoms. The molecule has 1 N–H and O–H groups in total. The minimum atomic E-state index is -4.75. The first kappa shape index (κ1) is 17.6. The Morgan fingerprint density at radius 2 is 1.88 bits per heavy atom. The molecule has 130 valence electrons. The summed E-state index contributed by atoms with van der Waals surface area (Å²) in [5.41, 5.74) is 1.78. The van der Waals surface area contributed by atoms with Crippen LogP contribution in [0.3, 0.4) is 0 Å².